The van der Waals surface area contributed by atoms with Crippen LogP contribution in [0.2, 0.25) is 5.02 Å². The molecule has 1 aliphatic heterocycles. The summed E-state index contributed by atoms with van der Waals surface area (Å²) in [5.74, 6) is -0.380. The van der Waals surface area contributed by atoms with Crippen LogP contribution in [0.15, 0.2) is 85.3 Å². The van der Waals surface area contributed by atoms with E-state index in [-0.39, 0.29) is 5.82 Å². The summed E-state index contributed by atoms with van der Waals surface area (Å²) in [6.07, 6.45) is 9.10. The Morgan fingerprint density at radius 1 is 0.838 bits per heavy atom. The first-order valence-corrected chi connectivity index (χ1v) is 13.0. The molecule has 1 fully saturated rings. The number of nitrogens with zero attached hydrogens (tertiary/aromatic N) is 4. The van der Waals surface area contributed by atoms with Gasteiger partial charge in [0.15, 0.2) is 5.65 Å². The lowest BCUT2D eigenvalue weighted by molar-refractivity contribution is 0.343. The molecule has 184 valence electrons. The zero-order chi connectivity index (χ0) is 25.2. The van der Waals surface area contributed by atoms with E-state index in [1.165, 1.54) is 43.6 Å². The van der Waals surface area contributed by atoms with E-state index in [0.29, 0.717) is 21.9 Å². The summed E-state index contributed by atoms with van der Waals surface area (Å²) in [6, 6.07) is 21.1. The minimum Gasteiger partial charge on any atom is -0.303 e. The maximum Gasteiger partial charge on any atom is 0.160 e. The number of benzene rings is 2. The van der Waals surface area contributed by atoms with Gasteiger partial charge in [-0.1, -0.05) is 35.9 Å². The van der Waals surface area contributed by atoms with Crippen molar-refractivity contribution in [1.29, 1.82) is 0 Å². The standard InChI is InChI=1S/C31H26ClFN4/c32-25-9-10-29(33)28(17-25)30-18-27(26-4-3-12-35-31(26)36-30)24-16-23(19-34-20-24)22-7-5-21(6-8-22)11-15-37-13-1-2-14-37/h3-10,12,16-20H,1-2,11,13-15H2. The molecule has 0 unspecified atom stereocenters. The molecule has 4 nitrogen and oxygen atoms in total. The van der Waals surface area contributed by atoms with E-state index in [4.69, 9.17) is 11.6 Å². The van der Waals surface area contributed by atoms with E-state index in [9.17, 15) is 4.39 Å². The van der Waals surface area contributed by atoms with Crippen LogP contribution in [0, 0.1) is 5.82 Å². The third kappa shape index (κ3) is 5.10. The molecule has 6 rings (SSSR count). The Balaban J connectivity index is 1.35. The van der Waals surface area contributed by atoms with Crippen molar-refractivity contribution in [3.63, 3.8) is 0 Å². The Labute approximate surface area is 220 Å². The topological polar surface area (TPSA) is 41.9 Å². The first-order chi connectivity index (χ1) is 18.1. The van der Waals surface area contributed by atoms with Crippen LogP contribution in [0.25, 0.3) is 44.5 Å². The lowest BCUT2D eigenvalue weighted by Gasteiger charge is -2.14. The third-order valence-corrected chi connectivity index (χ3v) is 7.28. The van der Waals surface area contributed by atoms with Crippen LogP contribution in [-0.2, 0) is 6.42 Å². The Morgan fingerprint density at radius 3 is 2.49 bits per heavy atom. The summed E-state index contributed by atoms with van der Waals surface area (Å²) in [5, 5.41) is 1.33. The molecule has 0 bridgehead atoms. The molecule has 1 saturated heterocycles. The SMILES string of the molecule is Fc1ccc(Cl)cc1-c1cc(-c2cncc(-c3ccc(CCN4CCCC4)cc3)c2)c2cccnc2n1. The van der Waals surface area contributed by atoms with Gasteiger partial charge in [0.1, 0.15) is 5.82 Å². The fraction of sp³-hybridized carbons (Fsp3) is 0.194. The van der Waals surface area contributed by atoms with Gasteiger partial charge in [-0.3, -0.25) is 4.98 Å². The van der Waals surface area contributed by atoms with Gasteiger partial charge in [-0.2, -0.15) is 0 Å². The van der Waals surface area contributed by atoms with Crippen molar-refractivity contribution in [2.45, 2.75) is 19.3 Å². The number of pyridine rings is 3. The maximum absolute atomic E-state index is 14.7. The highest BCUT2D eigenvalue weighted by Crippen LogP contribution is 2.34. The van der Waals surface area contributed by atoms with Gasteiger partial charge in [0.25, 0.3) is 0 Å². The molecular formula is C31H26ClFN4. The van der Waals surface area contributed by atoms with Crippen LogP contribution in [0.1, 0.15) is 18.4 Å². The summed E-state index contributed by atoms with van der Waals surface area (Å²) < 4.78 is 14.7. The zero-order valence-electron chi connectivity index (χ0n) is 20.4. The Hall–Kier alpha value is -3.67. The molecule has 4 heterocycles. The Morgan fingerprint density at radius 2 is 1.65 bits per heavy atom. The third-order valence-electron chi connectivity index (χ3n) is 7.04. The highest BCUT2D eigenvalue weighted by Gasteiger charge is 2.15. The average Bonchev–Trinajstić information content (AvgIpc) is 3.47. The summed E-state index contributed by atoms with van der Waals surface area (Å²) in [4.78, 5) is 16.2. The van der Waals surface area contributed by atoms with Gasteiger partial charge in [-0.25, -0.2) is 14.4 Å². The maximum atomic E-state index is 14.7. The van der Waals surface area contributed by atoms with Crippen molar-refractivity contribution >= 4 is 22.6 Å². The van der Waals surface area contributed by atoms with E-state index < -0.39 is 0 Å². The molecule has 6 heteroatoms. The number of likely N-dealkylation sites (tertiary alicyclic amines) is 1. The molecule has 37 heavy (non-hydrogen) atoms. The van der Waals surface area contributed by atoms with Crippen molar-refractivity contribution < 1.29 is 4.39 Å². The van der Waals surface area contributed by atoms with Crippen LogP contribution in [0.5, 0.6) is 0 Å². The quantitative estimate of drug-likeness (QED) is 0.239. The van der Waals surface area contributed by atoms with Crippen LogP contribution < -0.4 is 0 Å². The van der Waals surface area contributed by atoms with Gasteiger partial charge < -0.3 is 4.90 Å². The van der Waals surface area contributed by atoms with Crippen molar-refractivity contribution in [3.05, 3.63) is 102 Å². The van der Waals surface area contributed by atoms with E-state index in [2.05, 4.69) is 50.2 Å². The Kier molecular flexibility index (Phi) is 6.64. The van der Waals surface area contributed by atoms with Crippen molar-refractivity contribution in [3.8, 4) is 33.5 Å². The Bertz CT molecular complexity index is 1560. The summed E-state index contributed by atoms with van der Waals surface area (Å²) in [7, 11) is 0. The molecule has 0 N–H and O–H groups in total. The van der Waals surface area contributed by atoms with Crippen molar-refractivity contribution in [2.24, 2.45) is 0 Å². The van der Waals surface area contributed by atoms with Crippen LogP contribution in [0.4, 0.5) is 4.39 Å². The van der Waals surface area contributed by atoms with Gasteiger partial charge in [-0.15, -0.1) is 0 Å². The molecule has 5 aromatic rings. The second kappa shape index (κ2) is 10.4. The summed E-state index contributed by atoms with van der Waals surface area (Å²) in [5.41, 5.74) is 6.65. The van der Waals surface area contributed by atoms with E-state index in [1.54, 1.807) is 12.3 Å². The number of halogens is 2. The van der Waals surface area contributed by atoms with Crippen molar-refractivity contribution in [1.82, 2.24) is 19.9 Å². The van der Waals surface area contributed by atoms with Crippen LogP contribution in [-0.4, -0.2) is 39.5 Å². The normalized spacial score (nSPS) is 13.9. The number of hydrogen-bond acceptors (Lipinski definition) is 4. The first kappa shape index (κ1) is 23.7. The highest BCUT2D eigenvalue weighted by molar-refractivity contribution is 6.30. The van der Waals surface area contributed by atoms with E-state index >= 15 is 0 Å². The highest BCUT2D eigenvalue weighted by atomic mass is 35.5. The lowest BCUT2D eigenvalue weighted by atomic mass is 9.97. The van der Waals surface area contributed by atoms with Gasteiger partial charge in [0.2, 0.25) is 0 Å². The van der Waals surface area contributed by atoms with Gasteiger partial charge in [-0.05, 0) is 91.5 Å². The molecule has 0 radical (unpaired) electrons. The van der Waals surface area contributed by atoms with Crippen molar-refractivity contribution in [2.75, 3.05) is 19.6 Å². The molecule has 2 aromatic carbocycles. The van der Waals surface area contributed by atoms with Crippen LogP contribution in [0.3, 0.4) is 0 Å². The molecule has 0 saturated carbocycles. The van der Waals surface area contributed by atoms with Crippen LogP contribution >= 0.6 is 11.6 Å². The molecule has 1 aliphatic rings. The first-order valence-electron chi connectivity index (χ1n) is 12.6. The fourth-order valence-corrected chi connectivity index (χ4v) is 5.20. The summed E-state index contributed by atoms with van der Waals surface area (Å²) >= 11 is 6.17. The number of hydrogen-bond donors (Lipinski definition) is 0. The monoisotopic (exact) mass is 508 g/mol. The molecule has 0 atom stereocenters. The lowest BCUT2D eigenvalue weighted by Crippen LogP contribution is -2.21. The number of aromatic nitrogens is 3. The molecule has 0 aliphatic carbocycles. The van der Waals surface area contributed by atoms with Gasteiger partial charge >= 0.3 is 0 Å². The van der Waals surface area contributed by atoms with Gasteiger partial charge in [0.05, 0.1) is 5.69 Å². The van der Waals surface area contributed by atoms with E-state index in [1.807, 2.05) is 30.6 Å². The fourth-order valence-electron chi connectivity index (χ4n) is 5.03. The predicted molar refractivity (Wildman–Crippen MR) is 148 cm³/mol. The van der Waals surface area contributed by atoms with Gasteiger partial charge in [0, 0.05) is 52.2 Å². The number of fused-ring (bicyclic) bond motifs is 1. The number of rotatable bonds is 6. The average molecular weight is 509 g/mol. The molecule has 3 aromatic heterocycles. The minimum absolute atomic E-state index is 0.343. The van der Waals surface area contributed by atoms with E-state index in [0.717, 1.165) is 40.6 Å². The summed E-state index contributed by atoms with van der Waals surface area (Å²) in [6.45, 7) is 3.57. The molecule has 0 spiro atoms. The largest absolute Gasteiger partial charge is 0.303 e. The second-order valence-corrected chi connectivity index (χ2v) is 9.95. The smallest absolute Gasteiger partial charge is 0.160 e. The molecular weight excluding hydrogens is 483 g/mol. The molecule has 0 amide bonds. The zero-order valence-corrected chi connectivity index (χ0v) is 21.1. The second-order valence-electron chi connectivity index (χ2n) is 9.51. The minimum atomic E-state index is -0.380. The predicted octanol–water partition coefficient (Wildman–Crippen LogP) is 7.46.